The Morgan fingerprint density at radius 3 is 2.64 bits per heavy atom. The Kier molecular flexibility index (Phi) is 5.05. The fourth-order valence-corrected chi connectivity index (χ4v) is 4.34. The summed E-state index contributed by atoms with van der Waals surface area (Å²) in [4.78, 5) is 5.85. The van der Waals surface area contributed by atoms with Crippen LogP contribution in [0.5, 0.6) is 5.75 Å². The number of para-hydroxylation sites is 1. The van der Waals surface area contributed by atoms with Gasteiger partial charge in [0.15, 0.2) is 0 Å². The van der Waals surface area contributed by atoms with E-state index in [0.717, 1.165) is 43.1 Å². The molecule has 3 heterocycles. The molecule has 0 aliphatic carbocycles. The number of aromatic nitrogens is 1. The third kappa shape index (κ3) is 3.48. The molecule has 4 rings (SSSR count). The molecule has 28 heavy (non-hydrogen) atoms. The Balaban J connectivity index is 1.60. The van der Waals surface area contributed by atoms with Crippen molar-refractivity contribution in [3.8, 4) is 5.75 Å². The van der Waals surface area contributed by atoms with Crippen LogP contribution in [0.4, 0.5) is 5.82 Å². The quantitative estimate of drug-likeness (QED) is 0.550. The average molecular weight is 383 g/mol. The van der Waals surface area contributed by atoms with E-state index in [9.17, 15) is 5.11 Å². The zero-order valence-electron chi connectivity index (χ0n) is 16.4. The minimum Gasteiger partial charge on any atom is -0.507 e. The smallest absolute Gasteiger partial charge is 0.124 e. The van der Waals surface area contributed by atoms with Crippen LogP contribution < -0.4 is 16.8 Å². The number of phenols is 1. The van der Waals surface area contributed by atoms with E-state index in [1.54, 1.807) is 18.2 Å². The standard InChI is InChI=1S/C21H29N5O2/c1-12-17(7-18(22)16-5-3-4-6-19(16)27)21(23)25-20(12)13(2)26-8-14-10-28-11-15(9-26)24-14/h3-7,13-15,24-25,27H,8-11,22-23H2,1-2H3/b18-7-. The van der Waals surface area contributed by atoms with Gasteiger partial charge in [-0.25, -0.2) is 0 Å². The van der Waals surface area contributed by atoms with E-state index in [2.05, 4.69) is 29.0 Å². The number of aromatic amines is 1. The Morgan fingerprint density at radius 1 is 1.29 bits per heavy atom. The Morgan fingerprint density at radius 2 is 1.96 bits per heavy atom. The molecule has 0 amide bonds. The van der Waals surface area contributed by atoms with Crippen molar-refractivity contribution in [3.05, 3.63) is 46.6 Å². The molecule has 3 unspecified atom stereocenters. The number of morpholine rings is 1. The van der Waals surface area contributed by atoms with Gasteiger partial charge in [0.1, 0.15) is 11.6 Å². The van der Waals surface area contributed by atoms with E-state index in [1.807, 2.05) is 12.1 Å². The summed E-state index contributed by atoms with van der Waals surface area (Å²) >= 11 is 0. The summed E-state index contributed by atoms with van der Waals surface area (Å²) in [6.45, 7) is 7.69. The zero-order valence-corrected chi connectivity index (χ0v) is 16.4. The summed E-state index contributed by atoms with van der Waals surface area (Å²) < 4.78 is 5.65. The molecule has 7 nitrogen and oxygen atoms in total. The number of rotatable bonds is 4. The highest BCUT2D eigenvalue weighted by molar-refractivity contribution is 5.85. The van der Waals surface area contributed by atoms with Crippen LogP contribution in [0, 0.1) is 6.92 Å². The molecule has 2 bridgehead atoms. The van der Waals surface area contributed by atoms with Crippen LogP contribution in [0.3, 0.4) is 0 Å². The van der Waals surface area contributed by atoms with Gasteiger partial charge in [-0.3, -0.25) is 4.90 Å². The third-order valence-corrected chi connectivity index (χ3v) is 5.87. The number of benzene rings is 1. The summed E-state index contributed by atoms with van der Waals surface area (Å²) in [7, 11) is 0. The minimum atomic E-state index is 0.158. The summed E-state index contributed by atoms with van der Waals surface area (Å²) in [5.41, 5.74) is 16.7. The van der Waals surface area contributed by atoms with Gasteiger partial charge < -0.3 is 31.6 Å². The van der Waals surface area contributed by atoms with Crippen molar-refractivity contribution in [2.24, 2.45) is 5.73 Å². The average Bonchev–Trinajstić information content (AvgIpc) is 2.95. The highest BCUT2D eigenvalue weighted by Gasteiger charge is 2.34. The number of ether oxygens (including phenoxy) is 1. The molecular weight excluding hydrogens is 354 g/mol. The Bertz CT molecular complexity index is 879. The maximum atomic E-state index is 10.1. The molecule has 150 valence electrons. The molecule has 0 spiro atoms. The number of fused-ring (bicyclic) bond motifs is 2. The maximum absolute atomic E-state index is 10.1. The van der Waals surface area contributed by atoms with Gasteiger partial charge in [0.25, 0.3) is 0 Å². The number of nitrogens with two attached hydrogens (primary N) is 2. The number of phenolic OH excluding ortho intramolecular Hbond substituents is 1. The molecule has 7 N–H and O–H groups in total. The van der Waals surface area contributed by atoms with Gasteiger partial charge in [-0.05, 0) is 37.6 Å². The molecule has 3 atom stereocenters. The fourth-order valence-electron chi connectivity index (χ4n) is 4.34. The van der Waals surface area contributed by atoms with Crippen molar-refractivity contribution in [3.63, 3.8) is 0 Å². The molecule has 7 heteroatoms. The first kappa shape index (κ1) is 18.9. The van der Waals surface area contributed by atoms with Crippen LogP contribution in [-0.2, 0) is 4.74 Å². The lowest BCUT2D eigenvalue weighted by atomic mass is 10.0. The van der Waals surface area contributed by atoms with Crippen LogP contribution in [0.2, 0.25) is 0 Å². The number of piperazine rings is 1. The molecule has 0 radical (unpaired) electrons. The van der Waals surface area contributed by atoms with Crippen LogP contribution >= 0.6 is 0 Å². The van der Waals surface area contributed by atoms with Gasteiger partial charge in [0.05, 0.1) is 13.2 Å². The number of hydrogen-bond acceptors (Lipinski definition) is 6. The number of aromatic hydroxyl groups is 1. The number of nitrogens with zero attached hydrogens (tertiary/aromatic N) is 1. The molecule has 2 aliphatic rings. The number of H-pyrrole nitrogens is 1. The molecule has 0 saturated carbocycles. The monoisotopic (exact) mass is 383 g/mol. The second-order valence-corrected chi connectivity index (χ2v) is 7.84. The van der Waals surface area contributed by atoms with Crippen LogP contribution in [0.15, 0.2) is 24.3 Å². The van der Waals surface area contributed by atoms with E-state index >= 15 is 0 Å². The second kappa shape index (κ2) is 7.50. The number of nitrogens with one attached hydrogen (secondary N) is 2. The number of hydrogen-bond donors (Lipinski definition) is 5. The second-order valence-electron chi connectivity index (χ2n) is 7.84. The largest absolute Gasteiger partial charge is 0.507 e. The lowest BCUT2D eigenvalue weighted by molar-refractivity contribution is -0.0174. The molecule has 2 aliphatic heterocycles. The summed E-state index contributed by atoms with van der Waals surface area (Å²) in [5.74, 6) is 0.752. The van der Waals surface area contributed by atoms with E-state index in [-0.39, 0.29) is 11.8 Å². The predicted octanol–water partition coefficient (Wildman–Crippen LogP) is 1.80. The van der Waals surface area contributed by atoms with Crippen molar-refractivity contribution < 1.29 is 9.84 Å². The highest BCUT2D eigenvalue weighted by atomic mass is 16.5. The van der Waals surface area contributed by atoms with E-state index < -0.39 is 0 Å². The Labute approximate surface area is 165 Å². The highest BCUT2D eigenvalue weighted by Crippen LogP contribution is 2.33. The van der Waals surface area contributed by atoms with E-state index in [4.69, 9.17) is 16.2 Å². The SMILES string of the molecule is Cc1c(C(C)N2CC3COCC(C2)N3)[nH]c(N)c1/C=C(\N)c1ccccc1O. The van der Waals surface area contributed by atoms with Gasteiger partial charge in [0.2, 0.25) is 0 Å². The molecule has 1 aromatic carbocycles. The molecule has 2 aromatic rings. The van der Waals surface area contributed by atoms with Gasteiger partial charge in [-0.2, -0.15) is 0 Å². The summed E-state index contributed by atoms with van der Waals surface area (Å²) in [5, 5.41) is 13.7. The number of anilines is 1. The van der Waals surface area contributed by atoms with Crippen LogP contribution in [0.1, 0.15) is 35.3 Å². The first-order chi connectivity index (χ1) is 13.4. The lowest BCUT2D eigenvalue weighted by Gasteiger charge is -2.44. The molecule has 2 saturated heterocycles. The normalized spacial score (nSPS) is 24.3. The lowest BCUT2D eigenvalue weighted by Crippen LogP contribution is -2.62. The van der Waals surface area contributed by atoms with Crippen molar-refractivity contribution in [1.82, 2.24) is 15.2 Å². The summed E-state index contributed by atoms with van der Waals surface area (Å²) in [6, 6.07) is 8.00. The van der Waals surface area contributed by atoms with Crippen molar-refractivity contribution >= 4 is 17.6 Å². The molecule has 2 fully saturated rings. The Hall–Kier alpha value is -2.48. The molecule has 1 aromatic heterocycles. The van der Waals surface area contributed by atoms with Gasteiger partial charge in [-0.15, -0.1) is 0 Å². The number of nitrogen functional groups attached to an aromatic ring is 1. The summed E-state index contributed by atoms with van der Waals surface area (Å²) in [6.07, 6.45) is 1.84. The van der Waals surface area contributed by atoms with Crippen LogP contribution in [0.25, 0.3) is 11.8 Å². The maximum Gasteiger partial charge on any atom is 0.124 e. The fraction of sp³-hybridized carbons (Fsp3) is 0.429. The topological polar surface area (TPSA) is 113 Å². The third-order valence-electron chi connectivity index (χ3n) is 5.87. The van der Waals surface area contributed by atoms with E-state index in [0.29, 0.717) is 29.2 Å². The predicted molar refractivity (Wildman–Crippen MR) is 112 cm³/mol. The van der Waals surface area contributed by atoms with Crippen molar-refractivity contribution in [2.45, 2.75) is 32.0 Å². The van der Waals surface area contributed by atoms with E-state index in [1.165, 1.54) is 0 Å². The van der Waals surface area contributed by atoms with Gasteiger partial charge in [0, 0.05) is 53.7 Å². The zero-order chi connectivity index (χ0) is 19.8. The van der Waals surface area contributed by atoms with Crippen molar-refractivity contribution in [2.75, 3.05) is 32.0 Å². The first-order valence-corrected chi connectivity index (χ1v) is 9.75. The minimum absolute atomic E-state index is 0.158. The van der Waals surface area contributed by atoms with Crippen molar-refractivity contribution in [1.29, 1.82) is 0 Å². The van der Waals surface area contributed by atoms with Crippen LogP contribution in [-0.4, -0.2) is 53.4 Å². The van der Waals surface area contributed by atoms with Gasteiger partial charge >= 0.3 is 0 Å². The molecular formula is C21H29N5O2. The van der Waals surface area contributed by atoms with Gasteiger partial charge in [-0.1, -0.05) is 12.1 Å². The first-order valence-electron chi connectivity index (χ1n) is 9.75.